The number of aryl methyl sites for hydroxylation is 2. The molecule has 0 bridgehead atoms. The molecule has 25 heavy (non-hydrogen) atoms. The number of thioether (sulfide) groups is 1. The number of nitro groups is 1. The van der Waals surface area contributed by atoms with Gasteiger partial charge in [-0.1, -0.05) is 24.2 Å². The second-order valence-electron chi connectivity index (χ2n) is 5.95. The number of carbonyl (C=O) groups excluding carboxylic acids is 1. The molecule has 1 aromatic heterocycles. The summed E-state index contributed by atoms with van der Waals surface area (Å²) in [7, 11) is 0. The molecule has 1 aromatic carbocycles. The first-order valence-corrected chi connectivity index (χ1v) is 9.13. The number of amides is 1. The van der Waals surface area contributed by atoms with Crippen LogP contribution in [-0.4, -0.2) is 31.3 Å². The van der Waals surface area contributed by atoms with Crippen LogP contribution in [0, 0.1) is 17.0 Å². The number of aromatic nitrogens is 3. The number of rotatable bonds is 5. The molecule has 2 aromatic rings. The largest absolute Gasteiger partial charge is 0.325 e. The highest BCUT2D eigenvalue weighted by atomic mass is 32.2. The molecule has 0 fully saturated rings. The number of nitrogens with one attached hydrogen (secondary N) is 1. The van der Waals surface area contributed by atoms with Gasteiger partial charge >= 0.3 is 0 Å². The van der Waals surface area contributed by atoms with Crippen molar-refractivity contribution >= 4 is 29.0 Å². The van der Waals surface area contributed by atoms with Crippen molar-refractivity contribution in [2.24, 2.45) is 0 Å². The lowest BCUT2D eigenvalue weighted by atomic mass is 10.2. The Labute approximate surface area is 149 Å². The van der Waals surface area contributed by atoms with Crippen molar-refractivity contribution in [3.05, 3.63) is 39.7 Å². The third-order valence-electron chi connectivity index (χ3n) is 4.11. The number of anilines is 1. The molecule has 1 aliphatic heterocycles. The Morgan fingerprint density at radius 3 is 3.00 bits per heavy atom. The molecular weight excluding hydrogens is 342 g/mol. The van der Waals surface area contributed by atoms with Crippen LogP contribution < -0.4 is 5.32 Å². The summed E-state index contributed by atoms with van der Waals surface area (Å²) >= 11 is 1.34. The maximum atomic E-state index is 12.2. The topological polar surface area (TPSA) is 103 Å². The van der Waals surface area contributed by atoms with Gasteiger partial charge in [0.05, 0.1) is 16.4 Å². The number of benzene rings is 1. The molecule has 3 rings (SSSR count). The molecule has 0 spiro atoms. The van der Waals surface area contributed by atoms with Crippen molar-refractivity contribution in [2.45, 2.75) is 44.3 Å². The maximum absolute atomic E-state index is 12.2. The lowest BCUT2D eigenvalue weighted by Crippen LogP contribution is -2.15. The van der Waals surface area contributed by atoms with Gasteiger partial charge in [-0.2, -0.15) is 0 Å². The van der Waals surface area contributed by atoms with E-state index in [9.17, 15) is 14.9 Å². The zero-order valence-corrected chi connectivity index (χ0v) is 14.7. The minimum absolute atomic E-state index is 0.0451. The third kappa shape index (κ3) is 4.16. The Morgan fingerprint density at radius 1 is 1.36 bits per heavy atom. The van der Waals surface area contributed by atoms with E-state index < -0.39 is 4.92 Å². The fourth-order valence-electron chi connectivity index (χ4n) is 2.74. The number of non-ortho nitro benzene ring substituents is 1. The van der Waals surface area contributed by atoms with E-state index in [0.29, 0.717) is 5.69 Å². The molecule has 8 nitrogen and oxygen atoms in total. The van der Waals surface area contributed by atoms with E-state index in [2.05, 4.69) is 20.1 Å². The Balaban J connectivity index is 1.63. The van der Waals surface area contributed by atoms with Gasteiger partial charge < -0.3 is 9.88 Å². The lowest BCUT2D eigenvalue weighted by molar-refractivity contribution is -0.384. The first-order chi connectivity index (χ1) is 12.0. The number of nitrogens with zero attached hydrogens (tertiary/aromatic N) is 4. The van der Waals surface area contributed by atoms with Crippen LogP contribution in [0.25, 0.3) is 0 Å². The van der Waals surface area contributed by atoms with Gasteiger partial charge in [0, 0.05) is 25.1 Å². The molecule has 0 aliphatic carbocycles. The van der Waals surface area contributed by atoms with E-state index in [0.717, 1.165) is 42.4 Å². The fourth-order valence-corrected chi connectivity index (χ4v) is 3.52. The summed E-state index contributed by atoms with van der Waals surface area (Å²) in [5, 5.41) is 22.7. The average molecular weight is 361 g/mol. The lowest BCUT2D eigenvalue weighted by Gasteiger charge is -2.09. The van der Waals surface area contributed by atoms with Gasteiger partial charge in [-0.05, 0) is 25.3 Å². The molecule has 132 valence electrons. The van der Waals surface area contributed by atoms with Gasteiger partial charge in [0.15, 0.2) is 5.16 Å². The van der Waals surface area contributed by atoms with E-state index in [1.807, 2.05) is 0 Å². The highest BCUT2D eigenvalue weighted by Crippen LogP contribution is 2.24. The second kappa shape index (κ2) is 7.64. The molecule has 0 saturated heterocycles. The van der Waals surface area contributed by atoms with Crippen LogP contribution in [0.4, 0.5) is 11.4 Å². The summed E-state index contributed by atoms with van der Waals surface area (Å²) in [5.41, 5.74) is 1.19. The van der Waals surface area contributed by atoms with Gasteiger partial charge in [0.25, 0.3) is 5.69 Å². The number of carbonyl (C=O) groups is 1. The molecule has 1 aliphatic rings. The van der Waals surface area contributed by atoms with Gasteiger partial charge in [0.1, 0.15) is 5.82 Å². The SMILES string of the molecule is Cc1ccc([N+](=O)[O-])cc1NC(=O)CSc1nnc2n1CCCCC2. The van der Waals surface area contributed by atoms with Crippen LogP contribution >= 0.6 is 11.8 Å². The summed E-state index contributed by atoms with van der Waals surface area (Å²) in [6.07, 6.45) is 4.32. The Morgan fingerprint density at radius 2 is 2.20 bits per heavy atom. The zero-order chi connectivity index (χ0) is 17.8. The predicted octanol–water partition coefficient (Wildman–Crippen LogP) is 2.95. The van der Waals surface area contributed by atoms with Crippen molar-refractivity contribution in [3.8, 4) is 0 Å². The van der Waals surface area contributed by atoms with Crippen LogP contribution in [0.15, 0.2) is 23.4 Å². The highest BCUT2D eigenvalue weighted by molar-refractivity contribution is 7.99. The van der Waals surface area contributed by atoms with E-state index in [1.165, 1.54) is 30.3 Å². The summed E-state index contributed by atoms with van der Waals surface area (Å²) < 4.78 is 2.09. The summed E-state index contributed by atoms with van der Waals surface area (Å²) in [5.74, 6) is 0.940. The normalized spacial score (nSPS) is 13.8. The third-order valence-corrected chi connectivity index (χ3v) is 5.08. The average Bonchev–Trinajstić information content (AvgIpc) is 2.81. The van der Waals surface area contributed by atoms with Gasteiger partial charge in [0.2, 0.25) is 5.91 Å². The first-order valence-electron chi connectivity index (χ1n) is 8.14. The minimum atomic E-state index is -0.477. The molecule has 1 N–H and O–H groups in total. The molecule has 9 heteroatoms. The minimum Gasteiger partial charge on any atom is -0.325 e. The number of fused-ring (bicyclic) bond motifs is 1. The molecule has 1 amide bonds. The van der Waals surface area contributed by atoms with Gasteiger partial charge in [-0.15, -0.1) is 10.2 Å². The Hall–Kier alpha value is -2.42. The number of nitro benzene ring substituents is 1. The van der Waals surface area contributed by atoms with E-state index >= 15 is 0 Å². The zero-order valence-electron chi connectivity index (χ0n) is 13.9. The highest BCUT2D eigenvalue weighted by Gasteiger charge is 2.17. The van der Waals surface area contributed by atoms with Crippen LogP contribution in [-0.2, 0) is 17.8 Å². The molecule has 2 heterocycles. The van der Waals surface area contributed by atoms with Crippen molar-refractivity contribution < 1.29 is 9.72 Å². The van der Waals surface area contributed by atoms with Crippen molar-refractivity contribution in [1.29, 1.82) is 0 Å². The van der Waals surface area contributed by atoms with Crippen molar-refractivity contribution in [2.75, 3.05) is 11.1 Å². The van der Waals surface area contributed by atoms with Gasteiger partial charge in [-0.25, -0.2) is 0 Å². The standard InChI is InChI=1S/C16H19N5O3S/c1-11-6-7-12(21(23)24)9-13(11)17-15(22)10-25-16-19-18-14-5-3-2-4-8-20(14)16/h6-7,9H,2-5,8,10H2,1H3,(H,17,22). The molecule has 0 unspecified atom stereocenters. The van der Waals surface area contributed by atoms with Crippen molar-refractivity contribution in [1.82, 2.24) is 14.8 Å². The summed E-state index contributed by atoms with van der Waals surface area (Å²) in [6.45, 7) is 2.68. The van der Waals surface area contributed by atoms with Crippen LogP contribution in [0.2, 0.25) is 0 Å². The predicted molar refractivity (Wildman–Crippen MR) is 94.8 cm³/mol. The molecule has 0 atom stereocenters. The smallest absolute Gasteiger partial charge is 0.271 e. The Bertz CT molecular complexity index is 805. The van der Waals surface area contributed by atoms with E-state index in [1.54, 1.807) is 13.0 Å². The fraction of sp³-hybridized carbons (Fsp3) is 0.438. The molecular formula is C16H19N5O3S. The van der Waals surface area contributed by atoms with Crippen LogP contribution in [0.5, 0.6) is 0 Å². The second-order valence-corrected chi connectivity index (χ2v) is 6.90. The quantitative estimate of drug-likeness (QED) is 0.499. The molecule has 0 radical (unpaired) electrons. The Kier molecular flexibility index (Phi) is 5.32. The summed E-state index contributed by atoms with van der Waals surface area (Å²) in [6, 6.07) is 4.42. The van der Waals surface area contributed by atoms with E-state index in [4.69, 9.17) is 0 Å². The first kappa shape index (κ1) is 17.4. The van der Waals surface area contributed by atoms with Gasteiger partial charge in [-0.3, -0.25) is 14.9 Å². The summed E-state index contributed by atoms with van der Waals surface area (Å²) in [4.78, 5) is 22.6. The van der Waals surface area contributed by atoms with Crippen LogP contribution in [0.1, 0.15) is 30.7 Å². The monoisotopic (exact) mass is 361 g/mol. The molecule has 0 saturated carbocycles. The van der Waals surface area contributed by atoms with Crippen molar-refractivity contribution in [3.63, 3.8) is 0 Å². The maximum Gasteiger partial charge on any atom is 0.271 e. The van der Waals surface area contributed by atoms with Crippen LogP contribution in [0.3, 0.4) is 0 Å². The number of hydrogen-bond donors (Lipinski definition) is 1. The van der Waals surface area contributed by atoms with E-state index in [-0.39, 0.29) is 17.3 Å². The number of hydrogen-bond acceptors (Lipinski definition) is 6.